The van der Waals surface area contributed by atoms with Gasteiger partial charge >= 0.3 is 6.03 Å². The van der Waals surface area contributed by atoms with Crippen molar-refractivity contribution >= 4 is 18.7 Å². The zero-order valence-corrected chi connectivity index (χ0v) is 6.64. The summed E-state index contributed by atoms with van der Waals surface area (Å²) in [6.07, 6.45) is 0. The number of rotatable bonds is 2. The van der Waals surface area contributed by atoms with Crippen molar-refractivity contribution in [3.8, 4) is 0 Å². The molecule has 5 nitrogen and oxygen atoms in total. The zero-order valence-electron chi connectivity index (χ0n) is 5.74. The van der Waals surface area contributed by atoms with Crippen LogP contribution >= 0.6 is 12.6 Å². The molecular formula is C4H12N4OS. The van der Waals surface area contributed by atoms with Gasteiger partial charge in [0.25, 0.3) is 0 Å². The largest absolute Gasteiger partial charge is 0.345 e. The molecule has 0 aliphatic carbocycles. The molecule has 0 spiro atoms. The second-order valence-electron chi connectivity index (χ2n) is 1.95. The lowest BCUT2D eigenvalue weighted by Gasteiger charge is -2.16. The van der Waals surface area contributed by atoms with Crippen molar-refractivity contribution in [1.29, 1.82) is 0 Å². The summed E-state index contributed by atoms with van der Waals surface area (Å²) in [7, 11) is 0. The number of amides is 2. The van der Waals surface area contributed by atoms with E-state index in [1.54, 1.807) is 0 Å². The molecule has 0 heterocycles. The van der Waals surface area contributed by atoms with Crippen LogP contribution in [-0.4, -0.2) is 22.8 Å². The van der Waals surface area contributed by atoms with Gasteiger partial charge in [-0.1, -0.05) is 6.92 Å². The van der Waals surface area contributed by atoms with Gasteiger partial charge in [0, 0.05) is 5.25 Å². The molecule has 1 atom stereocenters. The first-order chi connectivity index (χ1) is 4.57. The van der Waals surface area contributed by atoms with Crippen molar-refractivity contribution < 1.29 is 4.79 Å². The monoisotopic (exact) mass is 164 g/mol. The summed E-state index contributed by atoms with van der Waals surface area (Å²) in [5, 5.41) is 1.01. The van der Waals surface area contributed by atoms with Gasteiger partial charge < -0.3 is 0 Å². The van der Waals surface area contributed by atoms with E-state index in [9.17, 15) is 4.79 Å². The number of nitrogens with two attached hydrogens (primary N) is 2. The van der Waals surface area contributed by atoms with Crippen LogP contribution in [0, 0.1) is 0 Å². The highest BCUT2D eigenvalue weighted by Crippen LogP contribution is 1.93. The molecule has 0 saturated carbocycles. The van der Waals surface area contributed by atoms with Crippen LogP contribution in [0.2, 0.25) is 0 Å². The molecule has 0 aliphatic rings. The van der Waals surface area contributed by atoms with Crippen molar-refractivity contribution in [2.24, 2.45) is 11.7 Å². The van der Waals surface area contributed by atoms with Gasteiger partial charge in [-0.25, -0.2) is 16.5 Å². The average Bonchev–Trinajstić information content (AvgIpc) is 1.85. The van der Waals surface area contributed by atoms with Crippen molar-refractivity contribution in [1.82, 2.24) is 10.4 Å². The highest BCUT2D eigenvalue weighted by Gasteiger charge is 2.07. The van der Waals surface area contributed by atoms with Crippen LogP contribution in [0.4, 0.5) is 4.79 Å². The molecule has 0 radical (unpaired) electrons. The summed E-state index contributed by atoms with van der Waals surface area (Å²) in [5.74, 6) is 10.0. The fraction of sp³-hybridized carbons (Fsp3) is 0.750. The van der Waals surface area contributed by atoms with E-state index in [2.05, 4.69) is 12.6 Å². The maximum Gasteiger partial charge on any atom is 0.345 e. The molecule has 0 aromatic rings. The fourth-order valence-corrected chi connectivity index (χ4v) is 0.626. The van der Waals surface area contributed by atoms with Gasteiger partial charge in [0.05, 0.1) is 6.54 Å². The van der Waals surface area contributed by atoms with Crippen molar-refractivity contribution in [3.05, 3.63) is 0 Å². The lowest BCUT2D eigenvalue weighted by Crippen LogP contribution is -2.49. The Morgan fingerprint density at radius 1 is 1.90 bits per heavy atom. The molecule has 2 amide bonds. The van der Waals surface area contributed by atoms with E-state index in [-0.39, 0.29) is 5.25 Å². The number of hydrogen-bond donors (Lipinski definition) is 4. The van der Waals surface area contributed by atoms with E-state index >= 15 is 0 Å². The third-order valence-corrected chi connectivity index (χ3v) is 1.01. The Labute approximate surface area is 65.1 Å². The van der Waals surface area contributed by atoms with Gasteiger partial charge in [0.1, 0.15) is 0 Å². The summed E-state index contributed by atoms with van der Waals surface area (Å²) < 4.78 is 0. The SMILES string of the molecule is CC(S)CN(N)C(=O)NN. The van der Waals surface area contributed by atoms with Gasteiger partial charge in [-0.2, -0.15) is 12.6 Å². The third-order valence-electron chi connectivity index (χ3n) is 0.845. The minimum Gasteiger partial charge on any atom is -0.275 e. The number of hydrazine groups is 2. The van der Waals surface area contributed by atoms with E-state index < -0.39 is 6.03 Å². The molecule has 0 aromatic heterocycles. The molecule has 0 saturated heterocycles. The van der Waals surface area contributed by atoms with E-state index in [1.165, 1.54) is 0 Å². The number of carbonyl (C=O) groups is 1. The predicted molar refractivity (Wildman–Crippen MR) is 42.1 cm³/mol. The Kier molecular flexibility index (Phi) is 4.17. The van der Waals surface area contributed by atoms with Crippen molar-refractivity contribution in [2.75, 3.05) is 6.54 Å². The van der Waals surface area contributed by atoms with Crippen LogP contribution in [0.3, 0.4) is 0 Å². The molecule has 1 unspecified atom stereocenters. The quantitative estimate of drug-likeness (QED) is 0.184. The minimum absolute atomic E-state index is 0.0438. The first-order valence-electron chi connectivity index (χ1n) is 2.78. The Bertz CT molecular complexity index is 118. The fourth-order valence-electron chi connectivity index (χ4n) is 0.450. The predicted octanol–water partition coefficient (Wildman–Crippen LogP) is -0.936. The van der Waals surface area contributed by atoms with Gasteiger partial charge in [-0.05, 0) is 0 Å². The molecule has 0 bridgehead atoms. The molecule has 0 aliphatic heterocycles. The summed E-state index contributed by atoms with van der Waals surface area (Å²) >= 11 is 4.03. The van der Waals surface area contributed by atoms with Crippen LogP contribution in [0.15, 0.2) is 0 Å². The van der Waals surface area contributed by atoms with Crippen molar-refractivity contribution in [3.63, 3.8) is 0 Å². The van der Waals surface area contributed by atoms with Gasteiger partial charge in [0.15, 0.2) is 0 Å². The molecule has 60 valence electrons. The van der Waals surface area contributed by atoms with Crippen LogP contribution < -0.4 is 17.1 Å². The normalized spacial score (nSPS) is 12.4. The first kappa shape index (κ1) is 9.54. The zero-order chi connectivity index (χ0) is 8.15. The lowest BCUT2D eigenvalue weighted by molar-refractivity contribution is 0.200. The topological polar surface area (TPSA) is 84.4 Å². The Hall–Kier alpha value is -0.460. The maximum atomic E-state index is 10.6. The van der Waals surface area contributed by atoms with Crippen LogP contribution in [0.25, 0.3) is 0 Å². The average molecular weight is 164 g/mol. The number of hydrogen-bond acceptors (Lipinski definition) is 4. The number of urea groups is 1. The first-order valence-corrected chi connectivity index (χ1v) is 3.30. The minimum atomic E-state index is -0.513. The molecule has 10 heavy (non-hydrogen) atoms. The van der Waals surface area contributed by atoms with Crippen molar-refractivity contribution in [2.45, 2.75) is 12.2 Å². The summed E-state index contributed by atoms with van der Waals surface area (Å²) in [5.41, 5.74) is 1.90. The molecule has 0 fully saturated rings. The molecule has 6 heteroatoms. The summed E-state index contributed by atoms with van der Waals surface area (Å²) in [4.78, 5) is 10.6. The van der Waals surface area contributed by atoms with E-state index in [0.717, 1.165) is 5.01 Å². The van der Waals surface area contributed by atoms with Crippen LogP contribution in [-0.2, 0) is 0 Å². The standard InChI is InChI=1S/C4H12N4OS/c1-3(10)2-8(6)4(9)7-5/h3,10H,2,5-6H2,1H3,(H,7,9). The van der Waals surface area contributed by atoms with E-state index in [0.29, 0.717) is 6.54 Å². The third kappa shape index (κ3) is 3.54. The summed E-state index contributed by atoms with van der Waals surface area (Å²) in [6.45, 7) is 2.19. The van der Waals surface area contributed by atoms with Crippen LogP contribution in [0.5, 0.6) is 0 Å². The Balaban J connectivity index is 3.61. The smallest absolute Gasteiger partial charge is 0.275 e. The molecule has 0 rings (SSSR count). The lowest BCUT2D eigenvalue weighted by atomic mass is 10.5. The van der Waals surface area contributed by atoms with E-state index in [1.807, 2.05) is 12.3 Å². The number of nitrogens with zero attached hydrogens (tertiary/aromatic N) is 1. The second-order valence-corrected chi connectivity index (χ2v) is 2.83. The van der Waals surface area contributed by atoms with E-state index in [4.69, 9.17) is 11.7 Å². The number of carbonyl (C=O) groups excluding carboxylic acids is 1. The van der Waals surface area contributed by atoms with Gasteiger partial charge in [-0.3, -0.25) is 10.4 Å². The highest BCUT2D eigenvalue weighted by molar-refractivity contribution is 7.80. The van der Waals surface area contributed by atoms with Crippen LogP contribution in [0.1, 0.15) is 6.92 Å². The Morgan fingerprint density at radius 2 is 2.40 bits per heavy atom. The Morgan fingerprint density at radius 3 is 2.70 bits per heavy atom. The molecule has 5 N–H and O–H groups in total. The molecular weight excluding hydrogens is 152 g/mol. The number of nitrogens with one attached hydrogen (secondary N) is 1. The second kappa shape index (κ2) is 4.37. The highest BCUT2D eigenvalue weighted by atomic mass is 32.1. The maximum absolute atomic E-state index is 10.6. The molecule has 0 aromatic carbocycles. The number of thiol groups is 1. The van der Waals surface area contributed by atoms with Gasteiger partial charge in [0.2, 0.25) is 0 Å². The summed E-state index contributed by atoms with van der Waals surface area (Å²) in [6, 6.07) is -0.513. The van der Waals surface area contributed by atoms with Gasteiger partial charge in [-0.15, -0.1) is 0 Å².